The maximum absolute atomic E-state index is 12.8. The van der Waals surface area contributed by atoms with Crippen LogP contribution in [-0.2, 0) is 30.4 Å². The Bertz CT molecular complexity index is 1120. The maximum atomic E-state index is 12.8. The average molecular weight is 507 g/mol. The molecule has 5 atom stereocenters. The number of H-pyrrole nitrogens is 1. The summed E-state index contributed by atoms with van der Waals surface area (Å²) in [7, 11) is 0. The minimum absolute atomic E-state index is 0.0847. The van der Waals surface area contributed by atoms with Gasteiger partial charge in [-0.05, 0) is 18.6 Å². The number of nitrogens with two attached hydrogens (primary N) is 2. The number of aliphatic hydroxyl groups excluding tert-OH is 2. The Morgan fingerprint density at radius 2 is 1.64 bits per heavy atom. The van der Waals surface area contributed by atoms with Gasteiger partial charge in [-0.2, -0.15) is 0 Å². The predicted octanol–water partition coefficient (Wildman–Crippen LogP) is -3.17. The summed E-state index contributed by atoms with van der Waals surface area (Å²) in [6.07, 6.45) is -0.433. The van der Waals surface area contributed by atoms with Crippen LogP contribution in [0.1, 0.15) is 18.9 Å². The molecule has 0 saturated heterocycles. The number of aromatic amines is 1. The summed E-state index contributed by atoms with van der Waals surface area (Å²) < 4.78 is 0. The molecule has 0 aliphatic rings. The highest BCUT2D eigenvalue weighted by Crippen LogP contribution is 2.19. The third kappa shape index (κ3) is 7.49. The Labute approximate surface area is 205 Å². The molecule has 2 aromatic rings. The zero-order valence-electron chi connectivity index (χ0n) is 19.4. The second kappa shape index (κ2) is 12.6. The maximum Gasteiger partial charge on any atom is 0.326 e. The zero-order chi connectivity index (χ0) is 27.0. The predicted molar refractivity (Wildman–Crippen MR) is 126 cm³/mol. The second-order valence-electron chi connectivity index (χ2n) is 8.21. The van der Waals surface area contributed by atoms with Gasteiger partial charge in [0.2, 0.25) is 23.6 Å². The molecule has 1 heterocycles. The van der Waals surface area contributed by atoms with Crippen LogP contribution in [0, 0.1) is 0 Å². The normalized spacial score (nSPS) is 15.2. The van der Waals surface area contributed by atoms with Gasteiger partial charge < -0.3 is 47.7 Å². The number of hydrogen-bond acceptors (Lipinski definition) is 8. The van der Waals surface area contributed by atoms with Crippen LogP contribution < -0.4 is 27.4 Å². The Morgan fingerprint density at radius 1 is 1.00 bits per heavy atom. The number of carbonyl (C=O) groups is 5. The highest BCUT2D eigenvalue weighted by molar-refractivity contribution is 5.95. The minimum atomic E-state index is -1.62. The molecule has 196 valence electrons. The molecular formula is C22H30N6O8. The van der Waals surface area contributed by atoms with E-state index in [1.807, 2.05) is 12.1 Å². The number of carboxylic acids is 1. The number of aromatic nitrogens is 1. The van der Waals surface area contributed by atoms with Crippen molar-refractivity contribution in [1.29, 1.82) is 0 Å². The monoisotopic (exact) mass is 506 g/mol. The van der Waals surface area contributed by atoms with Gasteiger partial charge in [0, 0.05) is 23.5 Å². The summed E-state index contributed by atoms with van der Waals surface area (Å²) >= 11 is 0. The summed E-state index contributed by atoms with van der Waals surface area (Å²) in [5.41, 5.74) is 11.9. The van der Waals surface area contributed by atoms with E-state index in [0.717, 1.165) is 10.9 Å². The van der Waals surface area contributed by atoms with Crippen molar-refractivity contribution in [1.82, 2.24) is 20.9 Å². The molecule has 1 aromatic heterocycles. The Kier molecular flexibility index (Phi) is 9.90. The third-order valence-electron chi connectivity index (χ3n) is 5.35. The van der Waals surface area contributed by atoms with Gasteiger partial charge in [0.15, 0.2) is 0 Å². The summed E-state index contributed by atoms with van der Waals surface area (Å²) in [6.45, 7) is 0.294. The number of para-hydroxylation sites is 1. The van der Waals surface area contributed by atoms with Gasteiger partial charge >= 0.3 is 5.97 Å². The first kappa shape index (κ1) is 28.2. The van der Waals surface area contributed by atoms with Crippen LogP contribution in [0.2, 0.25) is 0 Å². The van der Waals surface area contributed by atoms with Crippen molar-refractivity contribution in [2.45, 2.75) is 50.0 Å². The Hall–Kier alpha value is -4.01. The fourth-order valence-electron chi connectivity index (χ4n) is 3.42. The Balaban J connectivity index is 2.09. The molecule has 14 nitrogen and oxygen atoms in total. The number of primary amides is 1. The van der Waals surface area contributed by atoms with Crippen molar-refractivity contribution in [3.8, 4) is 0 Å². The lowest BCUT2D eigenvalue weighted by Crippen LogP contribution is -2.60. The van der Waals surface area contributed by atoms with E-state index in [9.17, 15) is 39.3 Å². The van der Waals surface area contributed by atoms with E-state index in [1.165, 1.54) is 6.92 Å². The second-order valence-corrected chi connectivity index (χ2v) is 8.21. The van der Waals surface area contributed by atoms with Crippen molar-refractivity contribution in [3.63, 3.8) is 0 Å². The molecule has 4 amide bonds. The molecule has 11 N–H and O–H groups in total. The zero-order valence-corrected chi connectivity index (χ0v) is 19.4. The molecule has 0 radical (unpaired) electrons. The van der Waals surface area contributed by atoms with Crippen LogP contribution >= 0.6 is 0 Å². The minimum Gasteiger partial charge on any atom is -0.480 e. The van der Waals surface area contributed by atoms with E-state index in [2.05, 4.69) is 20.9 Å². The molecular weight excluding hydrogens is 476 g/mol. The van der Waals surface area contributed by atoms with Gasteiger partial charge in [0.25, 0.3) is 0 Å². The van der Waals surface area contributed by atoms with Crippen LogP contribution in [0.4, 0.5) is 0 Å². The number of rotatable bonds is 13. The highest BCUT2D eigenvalue weighted by atomic mass is 16.4. The quantitative estimate of drug-likeness (QED) is 0.133. The summed E-state index contributed by atoms with van der Waals surface area (Å²) in [6, 6.07) is 1.23. The molecule has 0 spiro atoms. The van der Waals surface area contributed by atoms with Gasteiger partial charge in [0.05, 0.1) is 25.2 Å². The van der Waals surface area contributed by atoms with Gasteiger partial charge in [-0.3, -0.25) is 19.2 Å². The fraction of sp³-hybridized carbons (Fsp3) is 0.409. The lowest BCUT2D eigenvalue weighted by Gasteiger charge is -2.25. The van der Waals surface area contributed by atoms with E-state index in [1.54, 1.807) is 18.3 Å². The van der Waals surface area contributed by atoms with Crippen molar-refractivity contribution >= 4 is 40.5 Å². The average Bonchev–Trinajstić information content (AvgIpc) is 3.22. The SMILES string of the molecule is CC(O)C(NC(=O)C(CO)NC(=O)C(N)CC(N)=O)C(=O)NC(Cc1c[nH]c2ccccc12)C(=O)O. The van der Waals surface area contributed by atoms with Crippen LogP contribution in [0.15, 0.2) is 30.5 Å². The molecule has 5 unspecified atom stereocenters. The molecule has 0 fully saturated rings. The van der Waals surface area contributed by atoms with Crippen LogP contribution in [0.3, 0.4) is 0 Å². The molecule has 1 aromatic carbocycles. The fourth-order valence-corrected chi connectivity index (χ4v) is 3.42. The first-order valence-electron chi connectivity index (χ1n) is 11.0. The Morgan fingerprint density at radius 3 is 2.22 bits per heavy atom. The molecule has 0 aliphatic heterocycles. The van der Waals surface area contributed by atoms with Gasteiger partial charge in [0.1, 0.15) is 18.1 Å². The van der Waals surface area contributed by atoms with E-state index in [4.69, 9.17) is 11.5 Å². The number of carbonyl (C=O) groups excluding carboxylic acids is 4. The first-order chi connectivity index (χ1) is 16.9. The number of aliphatic carboxylic acids is 1. The number of benzene rings is 1. The molecule has 2 rings (SSSR count). The molecule has 36 heavy (non-hydrogen) atoms. The lowest BCUT2D eigenvalue weighted by atomic mass is 10.0. The van der Waals surface area contributed by atoms with E-state index in [-0.39, 0.29) is 6.42 Å². The standard InChI is InChI=1S/C22H30N6O8/c1-10(30)18(28-20(33)16(9-29)27-19(32)13(23)7-17(24)31)21(34)26-15(22(35)36)6-11-8-25-14-5-3-2-4-12(11)14/h2-5,8,10,13,15-16,18,25,29-30H,6-7,9,23H2,1H3,(H2,24,31)(H,26,34)(H,27,32)(H,28,33)(H,35,36). The molecule has 0 aliphatic carbocycles. The summed E-state index contributed by atoms with van der Waals surface area (Å²) in [4.78, 5) is 63.2. The van der Waals surface area contributed by atoms with Crippen LogP contribution in [-0.4, -0.2) is 86.8 Å². The van der Waals surface area contributed by atoms with Crippen LogP contribution in [0.5, 0.6) is 0 Å². The largest absolute Gasteiger partial charge is 0.480 e. The van der Waals surface area contributed by atoms with E-state index in [0.29, 0.717) is 5.56 Å². The smallest absolute Gasteiger partial charge is 0.326 e. The van der Waals surface area contributed by atoms with Gasteiger partial charge in [-0.1, -0.05) is 18.2 Å². The number of hydrogen-bond donors (Lipinski definition) is 9. The number of nitrogens with one attached hydrogen (secondary N) is 4. The number of carboxylic acid groups (broad SMARTS) is 1. The van der Waals surface area contributed by atoms with Gasteiger partial charge in [-0.15, -0.1) is 0 Å². The summed E-state index contributed by atoms with van der Waals surface area (Å²) in [5.74, 6) is -5.20. The molecule has 0 saturated carbocycles. The van der Waals surface area contributed by atoms with Crippen molar-refractivity contribution in [3.05, 3.63) is 36.0 Å². The third-order valence-corrected chi connectivity index (χ3v) is 5.35. The highest BCUT2D eigenvalue weighted by Gasteiger charge is 2.33. The summed E-state index contributed by atoms with van der Waals surface area (Å²) in [5, 5.41) is 36.5. The topological polar surface area (TPSA) is 250 Å². The van der Waals surface area contributed by atoms with E-state index < -0.39 is 72.9 Å². The van der Waals surface area contributed by atoms with Crippen LogP contribution in [0.25, 0.3) is 10.9 Å². The number of fused-ring (bicyclic) bond motifs is 1. The van der Waals surface area contributed by atoms with Crippen molar-refractivity contribution in [2.75, 3.05) is 6.61 Å². The van der Waals surface area contributed by atoms with E-state index >= 15 is 0 Å². The van der Waals surface area contributed by atoms with Crippen molar-refractivity contribution < 1.29 is 39.3 Å². The molecule has 14 heteroatoms. The number of aliphatic hydroxyl groups is 2. The van der Waals surface area contributed by atoms with Crippen molar-refractivity contribution in [2.24, 2.45) is 11.5 Å². The van der Waals surface area contributed by atoms with Gasteiger partial charge in [-0.25, -0.2) is 4.79 Å². The number of amides is 4. The molecule has 0 bridgehead atoms. The first-order valence-corrected chi connectivity index (χ1v) is 11.0. The lowest BCUT2D eigenvalue weighted by molar-refractivity contribution is -0.143.